The van der Waals surface area contributed by atoms with Crippen molar-refractivity contribution in [2.24, 2.45) is 5.92 Å². The molecule has 4 atom stereocenters. The molecular formula is C38H52N6O4. The highest BCUT2D eigenvalue weighted by atomic mass is 16.2. The molecule has 0 spiro atoms. The van der Waals surface area contributed by atoms with Crippen molar-refractivity contribution in [3.8, 4) is 0 Å². The first kappa shape index (κ1) is 37.8. The molecule has 48 heavy (non-hydrogen) atoms. The van der Waals surface area contributed by atoms with Crippen molar-refractivity contribution in [2.45, 2.75) is 72.1 Å². The fraction of sp³-hybridized carbons (Fsp3) is 0.421. The van der Waals surface area contributed by atoms with E-state index in [0.717, 1.165) is 16.8 Å². The molecule has 0 fully saturated rings. The normalized spacial score (nSPS) is 13.5. The highest BCUT2D eigenvalue weighted by molar-refractivity contribution is 6.01. The Labute approximate surface area is 285 Å². The highest BCUT2D eigenvalue weighted by Gasteiger charge is 2.26. The van der Waals surface area contributed by atoms with Gasteiger partial charge in [-0.2, -0.15) is 0 Å². The van der Waals surface area contributed by atoms with Crippen molar-refractivity contribution in [3.05, 3.63) is 101 Å². The van der Waals surface area contributed by atoms with Crippen molar-refractivity contribution >= 4 is 29.3 Å². The number of carbonyl (C=O) groups is 4. The van der Waals surface area contributed by atoms with E-state index in [-0.39, 0.29) is 41.6 Å². The number of nitrogens with one attached hydrogen (secondary N) is 5. The summed E-state index contributed by atoms with van der Waals surface area (Å²) in [4.78, 5) is 54.9. The minimum atomic E-state index is -0.655. The largest absolute Gasteiger partial charge is 0.375 e. The van der Waals surface area contributed by atoms with E-state index < -0.39 is 12.1 Å². The maximum absolute atomic E-state index is 13.8. The fourth-order valence-electron chi connectivity index (χ4n) is 5.23. The molecule has 0 unspecified atom stereocenters. The summed E-state index contributed by atoms with van der Waals surface area (Å²) in [5, 5.41) is 15.1. The van der Waals surface area contributed by atoms with Gasteiger partial charge in [-0.15, -0.1) is 0 Å². The molecule has 0 aliphatic rings. The second-order valence-corrected chi connectivity index (χ2v) is 12.5. The Balaban J connectivity index is 1.80. The van der Waals surface area contributed by atoms with Crippen molar-refractivity contribution in [1.29, 1.82) is 0 Å². The van der Waals surface area contributed by atoms with Gasteiger partial charge in [0, 0.05) is 49.5 Å². The van der Waals surface area contributed by atoms with E-state index in [1.165, 1.54) is 0 Å². The third kappa shape index (κ3) is 11.2. The standard InChI is InChI=1S/C38H52N6O4/c1-8-39-38(48)34(25(3)4)43-35(45)27(6)40-24-32(20-28-16-12-10-13-17-28)42-37(47)31-21-30(22-33(23-31)44(7)9-2)36(46)41-26(5)29-18-14-11-15-19-29/h10-19,21-23,25-27,32,34,40H,8-9,20,24H2,1-7H3,(H,39,48)(H,41,46)(H,42,47)(H,43,45)/t26-,27+,32+,34+/m1/s1. The van der Waals surface area contributed by atoms with E-state index >= 15 is 0 Å². The van der Waals surface area contributed by atoms with E-state index in [9.17, 15) is 19.2 Å². The van der Waals surface area contributed by atoms with Crippen molar-refractivity contribution in [1.82, 2.24) is 26.6 Å². The maximum Gasteiger partial charge on any atom is 0.251 e. The summed E-state index contributed by atoms with van der Waals surface area (Å²) < 4.78 is 0. The summed E-state index contributed by atoms with van der Waals surface area (Å²) in [6, 6.07) is 22.8. The molecule has 5 N–H and O–H groups in total. The van der Waals surface area contributed by atoms with Crippen molar-refractivity contribution in [3.63, 3.8) is 0 Å². The molecule has 10 nitrogen and oxygen atoms in total. The van der Waals surface area contributed by atoms with Gasteiger partial charge in [-0.3, -0.25) is 19.2 Å². The number of hydrogen-bond donors (Lipinski definition) is 5. The van der Waals surface area contributed by atoms with Gasteiger partial charge >= 0.3 is 0 Å². The Hall–Kier alpha value is -4.70. The number of rotatable bonds is 17. The van der Waals surface area contributed by atoms with Crippen LogP contribution in [-0.2, 0) is 16.0 Å². The molecule has 258 valence electrons. The third-order valence-corrected chi connectivity index (χ3v) is 8.33. The first-order valence-electron chi connectivity index (χ1n) is 16.8. The van der Waals surface area contributed by atoms with Crippen LogP contribution in [0.4, 0.5) is 5.69 Å². The number of amides is 4. The lowest BCUT2D eigenvalue weighted by Crippen LogP contribution is -2.55. The van der Waals surface area contributed by atoms with Crippen LogP contribution in [0, 0.1) is 5.92 Å². The quantitative estimate of drug-likeness (QED) is 0.148. The van der Waals surface area contributed by atoms with Crippen LogP contribution in [0.3, 0.4) is 0 Å². The summed E-state index contributed by atoms with van der Waals surface area (Å²) in [6.07, 6.45) is 0.512. The molecule has 0 aromatic heterocycles. The monoisotopic (exact) mass is 656 g/mol. The molecule has 10 heteroatoms. The molecule has 0 radical (unpaired) electrons. The Morgan fingerprint density at radius 2 is 1.31 bits per heavy atom. The zero-order valence-electron chi connectivity index (χ0n) is 29.3. The molecule has 0 aliphatic carbocycles. The lowest BCUT2D eigenvalue weighted by Gasteiger charge is -2.25. The average Bonchev–Trinajstić information content (AvgIpc) is 3.09. The van der Waals surface area contributed by atoms with Gasteiger partial charge < -0.3 is 31.5 Å². The lowest BCUT2D eigenvalue weighted by molar-refractivity contribution is -0.130. The molecule has 0 saturated heterocycles. The molecule has 3 aromatic carbocycles. The first-order chi connectivity index (χ1) is 22.9. The van der Waals surface area contributed by atoms with Crippen LogP contribution in [0.15, 0.2) is 78.9 Å². The summed E-state index contributed by atoms with van der Waals surface area (Å²) >= 11 is 0. The van der Waals surface area contributed by atoms with Gasteiger partial charge in [-0.1, -0.05) is 74.5 Å². The number of hydrogen-bond acceptors (Lipinski definition) is 6. The van der Waals surface area contributed by atoms with Crippen LogP contribution >= 0.6 is 0 Å². The van der Waals surface area contributed by atoms with Crippen LogP contribution < -0.4 is 31.5 Å². The maximum atomic E-state index is 13.8. The molecule has 0 bridgehead atoms. The minimum absolute atomic E-state index is 0.0890. The second kappa shape index (κ2) is 18.6. The van der Waals surface area contributed by atoms with Gasteiger partial charge in [-0.05, 0) is 69.4 Å². The Morgan fingerprint density at radius 3 is 1.88 bits per heavy atom. The second-order valence-electron chi connectivity index (χ2n) is 12.5. The number of benzene rings is 3. The van der Waals surface area contributed by atoms with Gasteiger partial charge in [-0.25, -0.2) is 0 Å². The predicted octanol–water partition coefficient (Wildman–Crippen LogP) is 4.23. The average molecular weight is 657 g/mol. The van der Waals surface area contributed by atoms with Gasteiger partial charge in [0.1, 0.15) is 6.04 Å². The number of carbonyl (C=O) groups excluding carboxylic acids is 4. The highest BCUT2D eigenvalue weighted by Crippen LogP contribution is 2.21. The lowest BCUT2D eigenvalue weighted by atomic mass is 10.0. The molecule has 0 aliphatic heterocycles. The van der Waals surface area contributed by atoms with Gasteiger partial charge in [0.25, 0.3) is 11.8 Å². The SMILES string of the molecule is CCNC(=O)[C@@H](NC(=O)[C@H](C)NC[C@H](Cc1ccccc1)NC(=O)c1cc(C(=O)N[C@H](C)c2ccccc2)cc(N(C)CC)c1)C(C)C. The van der Waals surface area contributed by atoms with Crippen LogP contribution in [0.1, 0.15) is 79.4 Å². The molecule has 0 saturated carbocycles. The van der Waals surface area contributed by atoms with Crippen LogP contribution in [-0.4, -0.2) is 68.4 Å². The van der Waals surface area contributed by atoms with Crippen molar-refractivity contribution in [2.75, 3.05) is 31.6 Å². The topological polar surface area (TPSA) is 132 Å². The zero-order valence-corrected chi connectivity index (χ0v) is 29.3. The van der Waals surface area contributed by atoms with E-state index in [0.29, 0.717) is 37.2 Å². The summed E-state index contributed by atoms with van der Waals surface area (Å²) in [6.45, 7) is 12.7. The van der Waals surface area contributed by atoms with E-state index in [1.54, 1.807) is 25.1 Å². The molecule has 3 aromatic rings. The van der Waals surface area contributed by atoms with Gasteiger partial charge in [0.15, 0.2) is 0 Å². The predicted molar refractivity (Wildman–Crippen MR) is 192 cm³/mol. The number of nitrogens with zero attached hydrogens (tertiary/aromatic N) is 1. The van der Waals surface area contributed by atoms with E-state index in [2.05, 4.69) is 26.6 Å². The third-order valence-electron chi connectivity index (χ3n) is 8.33. The minimum Gasteiger partial charge on any atom is -0.375 e. The Morgan fingerprint density at radius 1 is 0.729 bits per heavy atom. The molecular weight excluding hydrogens is 604 g/mol. The molecule has 4 amide bonds. The van der Waals surface area contributed by atoms with E-state index in [1.807, 2.05) is 107 Å². The van der Waals surface area contributed by atoms with Gasteiger partial charge in [0.05, 0.1) is 12.1 Å². The summed E-state index contributed by atoms with van der Waals surface area (Å²) in [5.74, 6) is -1.22. The van der Waals surface area contributed by atoms with Crippen LogP contribution in [0.25, 0.3) is 0 Å². The van der Waals surface area contributed by atoms with Gasteiger partial charge in [0.2, 0.25) is 11.8 Å². The summed E-state index contributed by atoms with van der Waals surface area (Å²) in [7, 11) is 1.91. The zero-order chi connectivity index (χ0) is 35.2. The molecule has 0 heterocycles. The van der Waals surface area contributed by atoms with Crippen molar-refractivity contribution < 1.29 is 19.2 Å². The Kier molecular flexibility index (Phi) is 14.6. The fourth-order valence-corrected chi connectivity index (χ4v) is 5.23. The van der Waals surface area contributed by atoms with Crippen LogP contribution in [0.5, 0.6) is 0 Å². The Bertz CT molecular complexity index is 1500. The first-order valence-corrected chi connectivity index (χ1v) is 16.8. The smallest absolute Gasteiger partial charge is 0.251 e. The van der Waals surface area contributed by atoms with Crippen LogP contribution in [0.2, 0.25) is 0 Å². The number of anilines is 1. The number of likely N-dealkylation sites (N-methyl/N-ethyl adjacent to an activating group) is 1. The molecule has 3 rings (SSSR count). The summed E-state index contributed by atoms with van der Waals surface area (Å²) in [5.41, 5.74) is 3.49. The van der Waals surface area contributed by atoms with E-state index in [4.69, 9.17) is 0 Å².